The van der Waals surface area contributed by atoms with Crippen molar-refractivity contribution >= 4 is 40.6 Å². The number of amides is 1. The van der Waals surface area contributed by atoms with Gasteiger partial charge in [-0.3, -0.25) is 14.9 Å². The second kappa shape index (κ2) is 8.45. The molecule has 1 aliphatic rings. The van der Waals surface area contributed by atoms with Gasteiger partial charge in [0.15, 0.2) is 0 Å². The number of nitro groups is 1. The maximum Gasteiger partial charge on any atom is 0.271 e. The molecule has 3 aromatic rings. The maximum atomic E-state index is 12.6. The molecule has 1 N–H and O–H groups in total. The van der Waals surface area contributed by atoms with Crippen LogP contribution in [-0.4, -0.2) is 30.8 Å². The zero-order valence-corrected chi connectivity index (χ0v) is 17.6. The summed E-state index contributed by atoms with van der Waals surface area (Å²) in [6.07, 6.45) is 2.16. The van der Waals surface area contributed by atoms with Crippen molar-refractivity contribution in [1.82, 2.24) is 14.8 Å². The summed E-state index contributed by atoms with van der Waals surface area (Å²) in [5.74, 6) is 0.948. The number of hydrogen-bond donors (Lipinski definition) is 1. The Hall–Kier alpha value is -2.91. The van der Waals surface area contributed by atoms with Crippen molar-refractivity contribution < 1.29 is 9.72 Å². The third kappa shape index (κ3) is 4.47. The zero-order chi connectivity index (χ0) is 21.3. The number of rotatable bonds is 7. The molecule has 1 fully saturated rings. The van der Waals surface area contributed by atoms with Crippen molar-refractivity contribution in [2.24, 2.45) is 0 Å². The first-order valence-corrected chi connectivity index (χ1v) is 10.6. The normalized spacial score (nSPS) is 14.3. The Labute approximate surface area is 181 Å². The predicted molar refractivity (Wildman–Crippen MR) is 115 cm³/mol. The minimum Gasteiger partial charge on any atom is -0.324 e. The molecule has 0 saturated heterocycles. The molecule has 154 valence electrons. The molecule has 4 rings (SSSR count). The monoisotopic (exact) mass is 443 g/mol. The van der Waals surface area contributed by atoms with E-state index in [1.165, 1.54) is 30.0 Å². The van der Waals surface area contributed by atoms with E-state index in [2.05, 4.69) is 15.4 Å². The molecule has 1 aromatic heterocycles. The Kier molecular flexibility index (Phi) is 5.74. The molecular formula is C20H18ClN5O3S. The Balaban J connectivity index is 1.50. The number of aromatic nitrogens is 3. The van der Waals surface area contributed by atoms with E-state index in [1.54, 1.807) is 6.92 Å². The van der Waals surface area contributed by atoms with Crippen LogP contribution in [0.25, 0.3) is 5.69 Å². The van der Waals surface area contributed by atoms with Crippen molar-refractivity contribution in [2.45, 2.75) is 36.1 Å². The molecule has 1 heterocycles. The maximum absolute atomic E-state index is 12.6. The van der Waals surface area contributed by atoms with Gasteiger partial charge >= 0.3 is 0 Å². The van der Waals surface area contributed by atoms with Gasteiger partial charge in [0.1, 0.15) is 5.82 Å². The van der Waals surface area contributed by atoms with Gasteiger partial charge in [-0.05, 0) is 38.0 Å². The van der Waals surface area contributed by atoms with Crippen LogP contribution in [0.3, 0.4) is 0 Å². The van der Waals surface area contributed by atoms with Crippen LogP contribution >= 0.6 is 23.4 Å². The SMILES string of the molecule is CC(Sc1nc(C2CC2)n(-c2ccccc2)n1)C(=O)Nc1cc([N+](=O)[O-])ccc1Cl. The molecule has 0 radical (unpaired) electrons. The molecule has 0 bridgehead atoms. The number of nitro benzene ring substituents is 1. The highest BCUT2D eigenvalue weighted by Crippen LogP contribution is 2.40. The van der Waals surface area contributed by atoms with E-state index >= 15 is 0 Å². The van der Waals surface area contributed by atoms with Crippen molar-refractivity contribution in [3.05, 3.63) is 69.5 Å². The van der Waals surface area contributed by atoms with Gasteiger partial charge in [-0.25, -0.2) is 9.67 Å². The molecule has 1 saturated carbocycles. The highest BCUT2D eigenvalue weighted by molar-refractivity contribution is 8.00. The van der Waals surface area contributed by atoms with Crippen LogP contribution in [0, 0.1) is 10.1 Å². The van der Waals surface area contributed by atoms with Gasteiger partial charge < -0.3 is 5.32 Å². The molecule has 1 aliphatic carbocycles. The Bertz CT molecular complexity index is 1100. The number of nitrogens with zero attached hydrogens (tertiary/aromatic N) is 4. The summed E-state index contributed by atoms with van der Waals surface area (Å²) in [7, 11) is 0. The molecule has 2 aromatic carbocycles. The molecule has 0 spiro atoms. The third-order valence-corrected chi connectivity index (χ3v) is 5.91. The second-order valence-corrected chi connectivity index (χ2v) is 8.66. The number of para-hydroxylation sites is 1. The summed E-state index contributed by atoms with van der Waals surface area (Å²) < 4.78 is 1.84. The Morgan fingerprint density at radius 1 is 1.30 bits per heavy atom. The fourth-order valence-electron chi connectivity index (χ4n) is 2.89. The molecule has 8 nitrogen and oxygen atoms in total. The lowest BCUT2D eigenvalue weighted by molar-refractivity contribution is -0.384. The summed E-state index contributed by atoms with van der Waals surface area (Å²) >= 11 is 7.30. The minimum absolute atomic E-state index is 0.146. The fourth-order valence-corrected chi connectivity index (χ4v) is 3.81. The van der Waals surface area contributed by atoms with Gasteiger partial charge in [-0.2, -0.15) is 0 Å². The first-order chi connectivity index (χ1) is 14.4. The topological polar surface area (TPSA) is 103 Å². The smallest absolute Gasteiger partial charge is 0.271 e. The molecule has 0 aliphatic heterocycles. The number of non-ortho nitro benzene ring substituents is 1. The third-order valence-electron chi connectivity index (χ3n) is 4.63. The van der Waals surface area contributed by atoms with Crippen LogP contribution in [0.5, 0.6) is 0 Å². The summed E-state index contributed by atoms with van der Waals surface area (Å²) in [6, 6.07) is 13.7. The molecule has 1 atom stereocenters. The summed E-state index contributed by atoms with van der Waals surface area (Å²) in [5, 5.41) is 18.4. The van der Waals surface area contributed by atoms with Crippen molar-refractivity contribution in [3.8, 4) is 5.69 Å². The largest absolute Gasteiger partial charge is 0.324 e. The zero-order valence-electron chi connectivity index (χ0n) is 16.0. The first kappa shape index (κ1) is 20.4. The average Bonchev–Trinajstić information content (AvgIpc) is 3.50. The number of carbonyl (C=O) groups is 1. The average molecular weight is 444 g/mol. The van der Waals surface area contributed by atoms with Crippen molar-refractivity contribution in [1.29, 1.82) is 0 Å². The van der Waals surface area contributed by atoms with Crippen molar-refractivity contribution in [3.63, 3.8) is 0 Å². The van der Waals surface area contributed by atoms with Crippen LogP contribution in [-0.2, 0) is 4.79 Å². The summed E-state index contributed by atoms with van der Waals surface area (Å²) in [5.41, 5.74) is 0.983. The van der Waals surface area contributed by atoms with Crippen molar-refractivity contribution in [2.75, 3.05) is 5.32 Å². The lowest BCUT2D eigenvalue weighted by atomic mass is 10.2. The first-order valence-electron chi connectivity index (χ1n) is 9.36. The molecule has 30 heavy (non-hydrogen) atoms. The minimum atomic E-state index is -0.538. The molecule has 1 unspecified atom stereocenters. The van der Waals surface area contributed by atoms with E-state index in [0.29, 0.717) is 11.1 Å². The van der Waals surface area contributed by atoms with Gasteiger partial charge in [0.05, 0.1) is 26.6 Å². The lowest BCUT2D eigenvalue weighted by Crippen LogP contribution is -2.22. The Morgan fingerprint density at radius 2 is 2.03 bits per heavy atom. The van der Waals surface area contributed by atoms with E-state index in [9.17, 15) is 14.9 Å². The standard InChI is InChI=1S/C20H18ClN5O3S/c1-12(19(27)22-17-11-15(26(28)29)9-10-16(17)21)30-20-23-18(13-7-8-13)25(24-20)14-5-3-2-4-6-14/h2-6,9-13H,7-8H2,1H3,(H,22,27). The van der Waals surface area contributed by atoms with E-state index in [4.69, 9.17) is 11.6 Å². The van der Waals surface area contributed by atoms with Crippen LogP contribution in [0.15, 0.2) is 53.7 Å². The van der Waals surface area contributed by atoms with Gasteiger partial charge in [-0.1, -0.05) is 41.6 Å². The van der Waals surface area contributed by atoms with Gasteiger partial charge in [0.25, 0.3) is 5.69 Å². The Morgan fingerprint density at radius 3 is 2.70 bits per heavy atom. The van der Waals surface area contributed by atoms with Crippen LogP contribution < -0.4 is 5.32 Å². The second-order valence-electron chi connectivity index (χ2n) is 6.94. The summed E-state index contributed by atoms with van der Waals surface area (Å²) in [6.45, 7) is 1.73. The number of carbonyl (C=O) groups excluding carboxylic acids is 1. The van der Waals surface area contributed by atoms with Crippen LogP contribution in [0.2, 0.25) is 5.02 Å². The molecular weight excluding hydrogens is 426 g/mol. The lowest BCUT2D eigenvalue weighted by Gasteiger charge is -2.11. The predicted octanol–water partition coefficient (Wildman–Crippen LogP) is 4.83. The van der Waals surface area contributed by atoms with E-state index in [-0.39, 0.29) is 22.3 Å². The van der Waals surface area contributed by atoms with Gasteiger partial charge in [0, 0.05) is 18.1 Å². The number of halogens is 1. The molecule has 10 heteroatoms. The highest BCUT2D eigenvalue weighted by atomic mass is 35.5. The summed E-state index contributed by atoms with van der Waals surface area (Å²) in [4.78, 5) is 27.7. The highest BCUT2D eigenvalue weighted by Gasteiger charge is 2.31. The van der Waals surface area contributed by atoms with E-state index in [0.717, 1.165) is 24.4 Å². The number of nitrogens with one attached hydrogen (secondary N) is 1. The van der Waals surface area contributed by atoms with Crippen LogP contribution in [0.4, 0.5) is 11.4 Å². The fraction of sp³-hybridized carbons (Fsp3) is 0.250. The number of thioether (sulfide) groups is 1. The number of benzene rings is 2. The van der Waals surface area contributed by atoms with Gasteiger partial charge in [0.2, 0.25) is 11.1 Å². The number of anilines is 1. The molecule has 1 amide bonds. The van der Waals surface area contributed by atoms with Gasteiger partial charge in [-0.15, -0.1) is 5.10 Å². The number of hydrogen-bond acceptors (Lipinski definition) is 6. The van der Waals surface area contributed by atoms with E-state index < -0.39 is 10.2 Å². The van der Waals surface area contributed by atoms with Crippen LogP contribution in [0.1, 0.15) is 31.5 Å². The van der Waals surface area contributed by atoms with E-state index in [1.807, 2.05) is 35.0 Å². The quantitative estimate of drug-likeness (QED) is 0.319.